The van der Waals surface area contributed by atoms with Crippen molar-refractivity contribution in [1.82, 2.24) is 0 Å². The van der Waals surface area contributed by atoms with Gasteiger partial charge in [0, 0.05) is 12.0 Å². The highest BCUT2D eigenvalue weighted by Gasteiger charge is 2.46. The van der Waals surface area contributed by atoms with Crippen LogP contribution in [0.3, 0.4) is 0 Å². The van der Waals surface area contributed by atoms with Crippen molar-refractivity contribution in [3.8, 4) is 0 Å². The van der Waals surface area contributed by atoms with E-state index < -0.39 is 34.2 Å². The molecule has 7 nitrogen and oxygen atoms in total. The fourth-order valence-corrected chi connectivity index (χ4v) is 5.62. The minimum absolute atomic E-state index is 0.0520. The van der Waals surface area contributed by atoms with Gasteiger partial charge in [-0.2, -0.15) is 0 Å². The van der Waals surface area contributed by atoms with Crippen LogP contribution in [-0.4, -0.2) is 44.5 Å². The third kappa shape index (κ3) is 3.78. The number of carboxylic acids is 2. The molecule has 0 amide bonds. The number of aliphatic carboxylic acids is 2. The van der Waals surface area contributed by atoms with E-state index in [2.05, 4.69) is 0 Å². The molecule has 1 aliphatic heterocycles. The van der Waals surface area contributed by atoms with Crippen LogP contribution in [0.4, 0.5) is 0 Å². The molecule has 5 rings (SSSR count). The minimum atomic E-state index is -1.40. The minimum Gasteiger partial charge on any atom is -0.508 e. The molecule has 0 saturated heterocycles. The van der Waals surface area contributed by atoms with Gasteiger partial charge in [-0.05, 0) is 61.1 Å². The highest BCUT2D eigenvalue weighted by Crippen LogP contribution is 2.53. The summed E-state index contributed by atoms with van der Waals surface area (Å²) < 4.78 is 6.49. The summed E-state index contributed by atoms with van der Waals surface area (Å²) in [6.45, 7) is 1.50. The summed E-state index contributed by atoms with van der Waals surface area (Å²) in [5.74, 6) is -1.69. The Balaban J connectivity index is 1.78. The molecule has 5 aliphatic rings. The monoisotopic (exact) mass is 508 g/mol. The molecule has 1 fully saturated rings. The summed E-state index contributed by atoms with van der Waals surface area (Å²) in [7, 11) is 0. The number of aliphatic hydroxyl groups excluding tert-OH is 1. The summed E-state index contributed by atoms with van der Waals surface area (Å²) in [6.07, 6.45) is 15.5. The Hall–Kier alpha value is -3.58. The van der Waals surface area contributed by atoms with Crippen LogP contribution in [0, 0.1) is 10.8 Å². The van der Waals surface area contributed by atoms with Crippen LogP contribution < -0.4 is 0 Å². The third-order valence-electron chi connectivity index (χ3n) is 7.53. The molecule has 4 unspecified atom stereocenters. The van der Waals surface area contributed by atoms with E-state index in [0.717, 1.165) is 5.57 Å². The van der Waals surface area contributed by atoms with Crippen molar-refractivity contribution in [1.29, 1.82) is 0 Å². The maximum absolute atomic E-state index is 12.6. The number of aliphatic hydroxyl groups is 1. The zero-order valence-electron chi connectivity index (χ0n) is 19.5. The second kappa shape index (κ2) is 8.52. The number of ether oxygens (including phenoxy) is 1. The highest BCUT2D eigenvalue weighted by molar-refractivity contribution is 6.31. The van der Waals surface area contributed by atoms with Gasteiger partial charge < -0.3 is 20.1 Å². The molecule has 1 spiro atoms. The van der Waals surface area contributed by atoms with Crippen molar-refractivity contribution in [2.75, 3.05) is 0 Å². The molecule has 4 atom stereocenters. The lowest BCUT2D eigenvalue weighted by Crippen LogP contribution is -2.40. The molecular formula is C28H25ClO7. The second-order valence-electron chi connectivity index (χ2n) is 9.91. The molecule has 3 N–H and O–H groups in total. The van der Waals surface area contributed by atoms with Crippen molar-refractivity contribution < 1.29 is 34.4 Å². The van der Waals surface area contributed by atoms with Gasteiger partial charge in [-0.3, -0.25) is 9.59 Å². The van der Waals surface area contributed by atoms with Gasteiger partial charge in [-0.1, -0.05) is 36.5 Å². The number of rotatable bonds is 3. The van der Waals surface area contributed by atoms with Gasteiger partial charge in [-0.25, -0.2) is 4.79 Å². The lowest BCUT2D eigenvalue weighted by atomic mass is 9.68. The number of carbonyl (C=O) groups is 3. The lowest BCUT2D eigenvalue weighted by molar-refractivity contribution is -0.143. The molecule has 0 bridgehead atoms. The fourth-order valence-electron chi connectivity index (χ4n) is 5.37. The van der Waals surface area contributed by atoms with Gasteiger partial charge in [0.05, 0.1) is 16.4 Å². The maximum Gasteiger partial charge on any atom is 0.336 e. The van der Waals surface area contributed by atoms with E-state index in [-0.39, 0.29) is 30.0 Å². The molecule has 0 aromatic rings. The number of ketones is 1. The topological polar surface area (TPSA) is 121 Å². The summed E-state index contributed by atoms with van der Waals surface area (Å²) in [4.78, 5) is 36.9. The number of carboxylic acid groups (broad SMARTS) is 2. The van der Waals surface area contributed by atoms with E-state index in [4.69, 9.17) is 16.3 Å². The first-order valence-electron chi connectivity index (χ1n) is 11.7. The number of halogens is 1. The van der Waals surface area contributed by atoms with E-state index in [1.165, 1.54) is 25.2 Å². The molecule has 1 saturated carbocycles. The molecule has 8 heteroatoms. The second-order valence-corrected chi connectivity index (χ2v) is 10.4. The van der Waals surface area contributed by atoms with Crippen LogP contribution in [0.2, 0.25) is 0 Å². The van der Waals surface area contributed by atoms with Crippen LogP contribution in [0.1, 0.15) is 32.6 Å². The standard InChI is InChI=1S/C28H25ClO7/c1-27(26(34)35)9-6-16(17(7-10-27)25(32)33)23-18-3-2-8-28(11-4-15(30)5-12-28)24(18)36-22-14-21(31)20(29)13-19(22)23/h2-7,9-11,20,22,30H,8,12-14H2,1H3,(H,32,33)(H,34,35). The van der Waals surface area contributed by atoms with Gasteiger partial charge in [-0.15, -0.1) is 11.6 Å². The molecule has 36 heavy (non-hydrogen) atoms. The number of allylic oxidation sites excluding steroid dienone is 9. The highest BCUT2D eigenvalue weighted by atomic mass is 35.5. The fraction of sp³-hybridized carbons (Fsp3) is 0.321. The quantitative estimate of drug-likeness (QED) is 0.466. The van der Waals surface area contributed by atoms with Crippen molar-refractivity contribution in [2.45, 2.75) is 44.1 Å². The predicted molar refractivity (Wildman–Crippen MR) is 132 cm³/mol. The summed E-state index contributed by atoms with van der Waals surface area (Å²) >= 11 is 6.38. The van der Waals surface area contributed by atoms with Crippen LogP contribution >= 0.6 is 11.6 Å². The molecule has 186 valence electrons. The molecule has 0 radical (unpaired) electrons. The number of fused-ring (bicyclic) bond motifs is 2. The van der Waals surface area contributed by atoms with Crippen molar-refractivity contribution in [3.63, 3.8) is 0 Å². The first-order valence-corrected chi connectivity index (χ1v) is 12.1. The number of Topliss-reactive ketones (excluding diaryl/α,β-unsaturated/α-hetero) is 1. The normalized spacial score (nSPS) is 33.3. The van der Waals surface area contributed by atoms with Gasteiger partial charge in [0.1, 0.15) is 23.0 Å². The summed E-state index contributed by atoms with van der Waals surface area (Å²) in [5.41, 5.74) is 0.296. The van der Waals surface area contributed by atoms with E-state index in [1.54, 1.807) is 18.2 Å². The van der Waals surface area contributed by atoms with Crippen LogP contribution in [-0.2, 0) is 19.1 Å². The van der Waals surface area contributed by atoms with Crippen molar-refractivity contribution in [3.05, 3.63) is 94.1 Å². The Morgan fingerprint density at radius 3 is 2.44 bits per heavy atom. The summed E-state index contributed by atoms with van der Waals surface area (Å²) in [6, 6.07) is 0. The zero-order chi connectivity index (χ0) is 25.8. The van der Waals surface area contributed by atoms with Crippen LogP contribution in [0.25, 0.3) is 0 Å². The van der Waals surface area contributed by atoms with Crippen molar-refractivity contribution in [2.24, 2.45) is 10.8 Å². The maximum atomic E-state index is 12.6. The Labute approximate surface area is 212 Å². The SMILES string of the molecule is CC1(C(=O)O)C=CC(C(=O)O)=C(C2=C3CC(Cl)C(=O)CC3OC3=C2C=CCC32C=CC(O)=CC2)C=C1. The Kier molecular flexibility index (Phi) is 5.71. The average molecular weight is 509 g/mol. The number of hydrogen-bond acceptors (Lipinski definition) is 5. The smallest absolute Gasteiger partial charge is 0.336 e. The zero-order valence-corrected chi connectivity index (χ0v) is 20.3. The van der Waals surface area contributed by atoms with Gasteiger partial charge >= 0.3 is 11.9 Å². The first kappa shape index (κ1) is 24.1. The summed E-state index contributed by atoms with van der Waals surface area (Å²) in [5, 5.41) is 29.1. The largest absolute Gasteiger partial charge is 0.508 e. The van der Waals surface area contributed by atoms with E-state index >= 15 is 0 Å². The number of carbonyl (C=O) groups excluding carboxylic acids is 1. The van der Waals surface area contributed by atoms with Crippen LogP contribution in [0.15, 0.2) is 94.1 Å². The molecule has 1 heterocycles. The number of hydrogen-bond donors (Lipinski definition) is 3. The average Bonchev–Trinajstić information content (AvgIpc) is 3.01. The Morgan fingerprint density at radius 2 is 1.78 bits per heavy atom. The van der Waals surface area contributed by atoms with Gasteiger partial charge in [0.2, 0.25) is 0 Å². The predicted octanol–water partition coefficient (Wildman–Crippen LogP) is 4.85. The third-order valence-corrected chi connectivity index (χ3v) is 7.93. The van der Waals surface area contributed by atoms with E-state index in [0.29, 0.717) is 35.3 Å². The molecule has 4 aliphatic carbocycles. The van der Waals surface area contributed by atoms with E-state index in [1.807, 2.05) is 18.2 Å². The van der Waals surface area contributed by atoms with Gasteiger partial charge in [0.15, 0.2) is 5.78 Å². The van der Waals surface area contributed by atoms with Gasteiger partial charge in [0.25, 0.3) is 0 Å². The molecule has 0 aromatic heterocycles. The van der Waals surface area contributed by atoms with E-state index in [9.17, 15) is 29.7 Å². The first-order chi connectivity index (χ1) is 17.0. The molecule has 0 aromatic carbocycles. The van der Waals surface area contributed by atoms with Crippen molar-refractivity contribution >= 4 is 29.3 Å². The Morgan fingerprint density at radius 1 is 1.03 bits per heavy atom. The Bertz CT molecular complexity index is 1340. The number of alkyl halides is 1. The lowest BCUT2D eigenvalue weighted by Gasteiger charge is -2.44. The van der Waals surface area contributed by atoms with Crippen LogP contribution in [0.5, 0.6) is 0 Å². The molecular weight excluding hydrogens is 484 g/mol.